The molecule has 0 radical (unpaired) electrons. The Morgan fingerprint density at radius 1 is 1.41 bits per heavy atom. The lowest BCUT2D eigenvalue weighted by atomic mass is 10.0. The van der Waals surface area contributed by atoms with Crippen molar-refractivity contribution in [3.05, 3.63) is 42.2 Å². The lowest BCUT2D eigenvalue weighted by Crippen LogP contribution is -2.15. The maximum Gasteiger partial charge on any atom is 0.328 e. The number of hydrogen-bond donors (Lipinski definition) is 1. The van der Waals surface area contributed by atoms with Crippen LogP contribution in [0.15, 0.2) is 36.7 Å². The maximum atomic E-state index is 10.9. The predicted molar refractivity (Wildman–Crippen MR) is 64.7 cm³/mol. The molecule has 1 aromatic carbocycles. The average Bonchev–Trinajstić information content (AvgIpc) is 2.77. The molecule has 1 N–H and O–H groups in total. The molecule has 0 aliphatic heterocycles. The van der Waals surface area contributed by atoms with Gasteiger partial charge in [-0.3, -0.25) is 4.68 Å². The first kappa shape index (κ1) is 11.4. The Morgan fingerprint density at radius 3 is 2.76 bits per heavy atom. The Morgan fingerprint density at radius 2 is 2.12 bits per heavy atom. The van der Waals surface area contributed by atoms with E-state index in [1.54, 1.807) is 19.3 Å². The van der Waals surface area contributed by atoms with Gasteiger partial charge >= 0.3 is 5.97 Å². The van der Waals surface area contributed by atoms with Crippen LogP contribution in [0.5, 0.6) is 0 Å². The van der Waals surface area contributed by atoms with Crippen LogP contribution in [0, 0.1) is 6.92 Å². The quantitative estimate of drug-likeness (QED) is 0.881. The number of hydrogen-bond acceptors (Lipinski definition) is 2. The maximum absolute atomic E-state index is 10.9. The third kappa shape index (κ3) is 2.20. The van der Waals surface area contributed by atoms with Crippen molar-refractivity contribution < 1.29 is 9.90 Å². The molecule has 0 spiro atoms. The molecule has 0 saturated carbocycles. The Hall–Kier alpha value is -2.10. The predicted octanol–water partition coefficient (Wildman–Crippen LogP) is 2.50. The third-order valence-electron chi connectivity index (χ3n) is 2.81. The molecular formula is C13H14N2O2. The number of aromatic nitrogens is 2. The minimum atomic E-state index is -0.885. The van der Waals surface area contributed by atoms with Crippen LogP contribution in [-0.2, 0) is 4.79 Å². The standard InChI is InChI=1S/C13H14N2O2/c1-9-5-3-4-6-12(9)11-7-14-15(8-11)10(2)13(16)17/h3-8,10H,1-2H3,(H,16,17)/t10-/m1/s1. The van der Waals surface area contributed by atoms with E-state index in [4.69, 9.17) is 5.11 Å². The molecule has 17 heavy (non-hydrogen) atoms. The highest BCUT2D eigenvalue weighted by Crippen LogP contribution is 2.23. The highest BCUT2D eigenvalue weighted by molar-refractivity contribution is 5.72. The number of carboxylic acids is 1. The van der Waals surface area contributed by atoms with E-state index in [9.17, 15) is 4.79 Å². The van der Waals surface area contributed by atoms with Gasteiger partial charge in [0.2, 0.25) is 0 Å². The van der Waals surface area contributed by atoms with Gasteiger partial charge in [-0.25, -0.2) is 4.79 Å². The molecule has 0 aliphatic rings. The third-order valence-corrected chi connectivity index (χ3v) is 2.81. The lowest BCUT2D eigenvalue weighted by Gasteiger charge is -2.05. The van der Waals surface area contributed by atoms with Crippen molar-refractivity contribution in [3.63, 3.8) is 0 Å². The number of benzene rings is 1. The summed E-state index contributed by atoms with van der Waals surface area (Å²) in [5.74, 6) is -0.885. The number of carbonyl (C=O) groups is 1. The van der Waals surface area contributed by atoms with Crippen LogP contribution in [-0.4, -0.2) is 20.9 Å². The molecule has 2 rings (SSSR count). The molecule has 88 valence electrons. The summed E-state index contributed by atoms with van der Waals surface area (Å²) in [5.41, 5.74) is 3.17. The average molecular weight is 230 g/mol. The molecule has 4 nitrogen and oxygen atoms in total. The first-order chi connectivity index (χ1) is 8.09. The fourth-order valence-electron chi connectivity index (χ4n) is 1.70. The van der Waals surface area contributed by atoms with Gasteiger partial charge in [-0.15, -0.1) is 0 Å². The van der Waals surface area contributed by atoms with Crippen LogP contribution in [0.4, 0.5) is 0 Å². The summed E-state index contributed by atoms with van der Waals surface area (Å²) >= 11 is 0. The second kappa shape index (κ2) is 4.41. The highest BCUT2D eigenvalue weighted by atomic mass is 16.4. The van der Waals surface area contributed by atoms with Gasteiger partial charge in [-0.05, 0) is 25.0 Å². The van der Waals surface area contributed by atoms with Crippen molar-refractivity contribution in [2.75, 3.05) is 0 Å². The van der Waals surface area contributed by atoms with Gasteiger partial charge < -0.3 is 5.11 Å². The summed E-state index contributed by atoms with van der Waals surface area (Å²) in [6.45, 7) is 3.63. The fourth-order valence-corrected chi connectivity index (χ4v) is 1.70. The number of nitrogens with zero attached hydrogens (tertiary/aromatic N) is 2. The molecule has 0 unspecified atom stereocenters. The van der Waals surface area contributed by atoms with E-state index >= 15 is 0 Å². The van der Waals surface area contributed by atoms with Crippen LogP contribution in [0.2, 0.25) is 0 Å². The second-order valence-electron chi connectivity index (χ2n) is 4.04. The lowest BCUT2D eigenvalue weighted by molar-refractivity contribution is -0.140. The Bertz CT molecular complexity index is 546. The van der Waals surface area contributed by atoms with Gasteiger partial charge in [-0.1, -0.05) is 24.3 Å². The largest absolute Gasteiger partial charge is 0.480 e. The van der Waals surface area contributed by atoms with Crippen molar-refractivity contribution in [1.82, 2.24) is 9.78 Å². The van der Waals surface area contributed by atoms with Crippen molar-refractivity contribution in [2.24, 2.45) is 0 Å². The van der Waals surface area contributed by atoms with Gasteiger partial charge in [0, 0.05) is 11.8 Å². The molecule has 0 fully saturated rings. The SMILES string of the molecule is Cc1ccccc1-c1cnn([C@H](C)C(=O)O)c1. The minimum Gasteiger partial charge on any atom is -0.480 e. The molecular weight excluding hydrogens is 216 g/mol. The topological polar surface area (TPSA) is 55.1 Å². The van der Waals surface area contributed by atoms with Crippen LogP contribution in [0.25, 0.3) is 11.1 Å². The first-order valence-corrected chi connectivity index (χ1v) is 5.42. The molecule has 2 aromatic rings. The van der Waals surface area contributed by atoms with Crippen molar-refractivity contribution >= 4 is 5.97 Å². The molecule has 4 heteroatoms. The molecule has 0 aliphatic carbocycles. The summed E-state index contributed by atoms with van der Waals surface area (Å²) in [4.78, 5) is 10.9. The summed E-state index contributed by atoms with van der Waals surface area (Å²) in [7, 11) is 0. The summed E-state index contributed by atoms with van der Waals surface area (Å²) < 4.78 is 1.46. The number of carboxylic acid groups (broad SMARTS) is 1. The van der Waals surface area contributed by atoms with Gasteiger partial charge in [0.05, 0.1) is 6.20 Å². The normalized spacial score (nSPS) is 12.4. The van der Waals surface area contributed by atoms with Crippen molar-refractivity contribution in [3.8, 4) is 11.1 Å². The Labute approximate surface area is 99.5 Å². The summed E-state index contributed by atoms with van der Waals surface area (Å²) in [6.07, 6.45) is 3.46. The van der Waals surface area contributed by atoms with Crippen LogP contribution < -0.4 is 0 Å². The first-order valence-electron chi connectivity index (χ1n) is 5.42. The van der Waals surface area contributed by atoms with E-state index in [0.29, 0.717) is 0 Å². The van der Waals surface area contributed by atoms with Gasteiger partial charge in [0.15, 0.2) is 0 Å². The van der Waals surface area contributed by atoms with Gasteiger partial charge in [0.1, 0.15) is 6.04 Å². The zero-order chi connectivity index (χ0) is 12.4. The minimum absolute atomic E-state index is 0.646. The van der Waals surface area contributed by atoms with E-state index < -0.39 is 12.0 Å². The monoisotopic (exact) mass is 230 g/mol. The summed E-state index contributed by atoms with van der Waals surface area (Å²) in [6, 6.07) is 7.31. The van der Waals surface area contributed by atoms with Crippen molar-refractivity contribution in [2.45, 2.75) is 19.9 Å². The fraction of sp³-hybridized carbons (Fsp3) is 0.231. The van der Waals surface area contributed by atoms with E-state index in [-0.39, 0.29) is 0 Å². The molecule has 0 saturated heterocycles. The van der Waals surface area contributed by atoms with Crippen LogP contribution >= 0.6 is 0 Å². The molecule has 1 aromatic heterocycles. The molecule has 0 amide bonds. The van der Waals surface area contributed by atoms with Crippen LogP contribution in [0.3, 0.4) is 0 Å². The summed E-state index contributed by atoms with van der Waals surface area (Å²) in [5, 5.41) is 13.0. The van der Waals surface area contributed by atoms with Crippen LogP contribution in [0.1, 0.15) is 18.5 Å². The van der Waals surface area contributed by atoms with E-state index in [1.807, 2.05) is 31.2 Å². The van der Waals surface area contributed by atoms with Crippen molar-refractivity contribution in [1.29, 1.82) is 0 Å². The molecule has 1 heterocycles. The Kier molecular flexibility index (Phi) is 2.95. The number of rotatable bonds is 3. The number of aryl methyl sites for hydroxylation is 1. The van der Waals surface area contributed by atoms with Gasteiger partial charge in [0.25, 0.3) is 0 Å². The van der Waals surface area contributed by atoms with E-state index in [2.05, 4.69) is 5.10 Å². The second-order valence-corrected chi connectivity index (χ2v) is 4.04. The molecule has 1 atom stereocenters. The smallest absolute Gasteiger partial charge is 0.328 e. The molecule has 0 bridgehead atoms. The van der Waals surface area contributed by atoms with E-state index in [0.717, 1.165) is 16.7 Å². The zero-order valence-electron chi connectivity index (χ0n) is 9.79. The zero-order valence-corrected chi connectivity index (χ0v) is 9.79. The van der Waals surface area contributed by atoms with Gasteiger partial charge in [-0.2, -0.15) is 5.10 Å². The number of aliphatic carboxylic acids is 1. The Balaban J connectivity index is 2.37. The van der Waals surface area contributed by atoms with E-state index in [1.165, 1.54) is 4.68 Å². The highest BCUT2D eigenvalue weighted by Gasteiger charge is 2.14.